The lowest BCUT2D eigenvalue weighted by molar-refractivity contribution is 0.415. The number of hydrogen-bond acceptors (Lipinski definition) is 2. The average molecular weight is 388 g/mol. The SMILES string of the molecule is COc1ccc2ccc3ccc4ccc5ccc6ccc(OC)cc6c5c4c3c2c1. The fourth-order valence-electron chi connectivity index (χ4n) is 4.72. The number of ether oxygens (including phenoxy) is 2. The summed E-state index contributed by atoms with van der Waals surface area (Å²) in [5.74, 6) is 1.75. The van der Waals surface area contributed by atoms with Gasteiger partial charge in [0.15, 0.2) is 0 Å². The van der Waals surface area contributed by atoms with Crippen LogP contribution in [0.2, 0.25) is 0 Å². The molecule has 0 saturated heterocycles. The lowest BCUT2D eigenvalue weighted by Gasteiger charge is -2.14. The molecule has 0 saturated carbocycles. The van der Waals surface area contributed by atoms with E-state index in [-0.39, 0.29) is 0 Å². The van der Waals surface area contributed by atoms with E-state index in [4.69, 9.17) is 9.47 Å². The van der Waals surface area contributed by atoms with Gasteiger partial charge in [0.05, 0.1) is 14.2 Å². The largest absolute Gasteiger partial charge is 0.497 e. The molecule has 2 heteroatoms. The van der Waals surface area contributed by atoms with Crippen molar-refractivity contribution >= 4 is 53.9 Å². The van der Waals surface area contributed by atoms with Crippen LogP contribution in [0.3, 0.4) is 0 Å². The third-order valence-corrected chi connectivity index (χ3v) is 6.20. The van der Waals surface area contributed by atoms with E-state index in [1.807, 2.05) is 12.1 Å². The summed E-state index contributed by atoms with van der Waals surface area (Å²) in [5, 5.41) is 12.4. The summed E-state index contributed by atoms with van der Waals surface area (Å²) < 4.78 is 11.1. The van der Waals surface area contributed by atoms with Crippen molar-refractivity contribution in [2.45, 2.75) is 0 Å². The third-order valence-electron chi connectivity index (χ3n) is 6.20. The Labute approximate surface area is 174 Å². The van der Waals surface area contributed by atoms with Gasteiger partial charge in [0.25, 0.3) is 0 Å². The van der Waals surface area contributed by atoms with E-state index in [9.17, 15) is 0 Å². The van der Waals surface area contributed by atoms with Gasteiger partial charge in [-0.1, -0.05) is 60.7 Å². The van der Waals surface area contributed by atoms with Gasteiger partial charge in [-0.15, -0.1) is 0 Å². The molecule has 0 N–H and O–H groups in total. The topological polar surface area (TPSA) is 18.5 Å². The van der Waals surface area contributed by atoms with Crippen LogP contribution < -0.4 is 9.47 Å². The van der Waals surface area contributed by atoms with Crippen LogP contribution >= 0.6 is 0 Å². The summed E-state index contributed by atoms with van der Waals surface area (Å²) in [6.07, 6.45) is 0. The molecule has 0 aromatic heterocycles. The van der Waals surface area contributed by atoms with Crippen LogP contribution in [0, 0.1) is 0 Å². The molecule has 0 radical (unpaired) electrons. The van der Waals surface area contributed by atoms with Crippen LogP contribution in [0.5, 0.6) is 11.5 Å². The molecule has 2 nitrogen and oxygen atoms in total. The fraction of sp³-hybridized carbons (Fsp3) is 0.0714. The Morgan fingerprint density at radius 2 is 0.733 bits per heavy atom. The number of hydrogen-bond donors (Lipinski definition) is 0. The number of rotatable bonds is 2. The van der Waals surface area contributed by atoms with Crippen LogP contribution in [0.1, 0.15) is 0 Å². The predicted molar refractivity (Wildman–Crippen MR) is 127 cm³/mol. The molecule has 0 unspecified atom stereocenters. The maximum atomic E-state index is 5.55. The molecule has 0 spiro atoms. The van der Waals surface area contributed by atoms with Crippen molar-refractivity contribution in [1.82, 2.24) is 0 Å². The quantitative estimate of drug-likeness (QED) is 0.286. The first-order chi connectivity index (χ1) is 14.8. The second-order valence-electron chi connectivity index (χ2n) is 7.73. The summed E-state index contributed by atoms with van der Waals surface area (Å²) in [6, 6.07) is 30.3. The number of methoxy groups -OCH3 is 2. The van der Waals surface area contributed by atoms with Crippen molar-refractivity contribution in [3.63, 3.8) is 0 Å². The van der Waals surface area contributed by atoms with E-state index in [0.29, 0.717) is 0 Å². The summed E-state index contributed by atoms with van der Waals surface area (Å²) in [7, 11) is 3.44. The summed E-state index contributed by atoms with van der Waals surface area (Å²) in [4.78, 5) is 0. The van der Waals surface area contributed by atoms with E-state index < -0.39 is 0 Å². The van der Waals surface area contributed by atoms with Gasteiger partial charge in [0.1, 0.15) is 11.5 Å². The zero-order valence-corrected chi connectivity index (χ0v) is 16.9. The van der Waals surface area contributed by atoms with Crippen molar-refractivity contribution in [3.05, 3.63) is 84.9 Å². The Hall–Kier alpha value is -3.78. The van der Waals surface area contributed by atoms with Crippen molar-refractivity contribution in [1.29, 1.82) is 0 Å². The maximum Gasteiger partial charge on any atom is 0.119 e. The Morgan fingerprint density at radius 3 is 1.13 bits per heavy atom. The van der Waals surface area contributed by atoms with Gasteiger partial charge in [0.2, 0.25) is 0 Å². The molecule has 144 valence electrons. The maximum absolute atomic E-state index is 5.55. The monoisotopic (exact) mass is 388 g/mol. The Balaban J connectivity index is 1.94. The first kappa shape index (κ1) is 17.1. The van der Waals surface area contributed by atoms with E-state index >= 15 is 0 Å². The molecule has 0 aliphatic heterocycles. The minimum Gasteiger partial charge on any atom is -0.497 e. The first-order valence-electron chi connectivity index (χ1n) is 10.1. The highest BCUT2D eigenvalue weighted by Gasteiger charge is 2.12. The fourth-order valence-corrected chi connectivity index (χ4v) is 4.72. The summed E-state index contributed by atoms with van der Waals surface area (Å²) in [6.45, 7) is 0. The Morgan fingerprint density at radius 1 is 0.400 bits per heavy atom. The van der Waals surface area contributed by atoms with E-state index in [0.717, 1.165) is 11.5 Å². The van der Waals surface area contributed by atoms with Gasteiger partial charge < -0.3 is 9.47 Å². The van der Waals surface area contributed by atoms with Gasteiger partial charge in [-0.05, 0) is 78.1 Å². The first-order valence-corrected chi connectivity index (χ1v) is 10.1. The normalized spacial score (nSPS) is 11.7. The molecule has 0 fully saturated rings. The predicted octanol–water partition coefficient (Wildman–Crippen LogP) is 7.47. The lowest BCUT2D eigenvalue weighted by atomic mass is 9.90. The standard InChI is InChI=1S/C28H20O2/c1-29-22-13-11-17-3-5-19-7-9-21-10-8-20-6-4-18-12-14-23(30-2)16-25(18)27(20)28(21)26(19)24(17)15-22/h3-16H,1-2H3. The lowest BCUT2D eigenvalue weighted by Crippen LogP contribution is -1.88. The second-order valence-corrected chi connectivity index (χ2v) is 7.73. The Bertz CT molecular complexity index is 1480. The molecule has 0 aliphatic rings. The van der Waals surface area contributed by atoms with E-state index in [2.05, 4.69) is 72.8 Å². The van der Waals surface area contributed by atoms with Gasteiger partial charge in [-0.3, -0.25) is 0 Å². The minimum atomic E-state index is 0.874. The van der Waals surface area contributed by atoms with Crippen LogP contribution in [-0.4, -0.2) is 14.2 Å². The van der Waals surface area contributed by atoms with E-state index in [1.165, 1.54) is 53.9 Å². The third kappa shape index (κ3) is 2.37. The van der Waals surface area contributed by atoms with Gasteiger partial charge in [-0.25, -0.2) is 0 Å². The van der Waals surface area contributed by atoms with Gasteiger partial charge >= 0.3 is 0 Å². The summed E-state index contributed by atoms with van der Waals surface area (Å²) in [5.41, 5.74) is 0. The average Bonchev–Trinajstić information content (AvgIpc) is 2.82. The molecule has 30 heavy (non-hydrogen) atoms. The molecule has 6 rings (SSSR count). The smallest absolute Gasteiger partial charge is 0.119 e. The van der Waals surface area contributed by atoms with Crippen LogP contribution in [0.25, 0.3) is 53.9 Å². The van der Waals surface area contributed by atoms with Crippen LogP contribution in [0.4, 0.5) is 0 Å². The highest BCUT2D eigenvalue weighted by molar-refractivity contribution is 6.32. The van der Waals surface area contributed by atoms with Crippen molar-refractivity contribution in [3.8, 4) is 11.5 Å². The van der Waals surface area contributed by atoms with Gasteiger partial charge in [-0.2, -0.15) is 0 Å². The molecule has 0 atom stereocenters. The highest BCUT2D eigenvalue weighted by Crippen LogP contribution is 2.40. The van der Waals surface area contributed by atoms with E-state index in [1.54, 1.807) is 14.2 Å². The number of fused-ring (bicyclic) bond motifs is 9. The van der Waals surface area contributed by atoms with Crippen molar-refractivity contribution in [2.75, 3.05) is 14.2 Å². The molecule has 0 bridgehead atoms. The zero-order chi connectivity index (χ0) is 20.2. The molecule has 0 heterocycles. The minimum absolute atomic E-state index is 0.874. The molecule has 0 amide bonds. The molecule has 6 aromatic rings. The van der Waals surface area contributed by atoms with Crippen LogP contribution in [0.15, 0.2) is 84.9 Å². The highest BCUT2D eigenvalue weighted by atomic mass is 16.5. The Kier molecular flexibility index (Phi) is 3.63. The van der Waals surface area contributed by atoms with Crippen molar-refractivity contribution < 1.29 is 9.47 Å². The summed E-state index contributed by atoms with van der Waals surface area (Å²) >= 11 is 0. The van der Waals surface area contributed by atoms with Crippen molar-refractivity contribution in [2.24, 2.45) is 0 Å². The second kappa shape index (κ2) is 6.36. The zero-order valence-electron chi connectivity index (χ0n) is 16.9. The van der Waals surface area contributed by atoms with Gasteiger partial charge in [0, 0.05) is 0 Å². The molecular formula is C28H20O2. The molecule has 0 aliphatic carbocycles. The molecular weight excluding hydrogens is 368 g/mol. The number of benzene rings is 6. The van der Waals surface area contributed by atoms with Crippen LogP contribution in [-0.2, 0) is 0 Å². The molecule has 6 aromatic carbocycles.